The third-order valence-electron chi connectivity index (χ3n) is 5.36. The van der Waals surface area contributed by atoms with Crippen molar-refractivity contribution in [3.05, 3.63) is 94.6 Å². The van der Waals surface area contributed by atoms with Crippen LogP contribution in [0.25, 0.3) is 10.9 Å². The predicted octanol–water partition coefficient (Wildman–Crippen LogP) is 5.63. The zero-order valence-corrected chi connectivity index (χ0v) is 18.3. The topological polar surface area (TPSA) is 56.2 Å². The summed E-state index contributed by atoms with van der Waals surface area (Å²) in [5.41, 5.74) is 3.61. The van der Waals surface area contributed by atoms with Crippen molar-refractivity contribution in [3.8, 4) is 5.75 Å². The SMILES string of the molecule is CC[C@@H](NC(=O)c1ccc2cnn(Cc3cccc(Cl)c3)c2c1)c1ccc(OC)cc1. The predicted molar refractivity (Wildman–Crippen MR) is 124 cm³/mol. The Morgan fingerprint density at radius 3 is 2.65 bits per heavy atom. The van der Waals surface area contributed by atoms with Crippen LogP contribution >= 0.6 is 11.6 Å². The minimum absolute atomic E-state index is 0.0783. The molecule has 0 aliphatic carbocycles. The lowest BCUT2D eigenvalue weighted by atomic mass is 10.0. The first-order valence-corrected chi connectivity index (χ1v) is 10.6. The summed E-state index contributed by atoms with van der Waals surface area (Å²) in [4.78, 5) is 13.0. The fourth-order valence-electron chi connectivity index (χ4n) is 3.64. The van der Waals surface area contributed by atoms with Crippen LogP contribution in [0.5, 0.6) is 5.75 Å². The van der Waals surface area contributed by atoms with Gasteiger partial charge in [0.05, 0.1) is 31.4 Å². The number of amides is 1. The Bertz CT molecular complexity index is 1200. The van der Waals surface area contributed by atoms with E-state index in [0.717, 1.165) is 34.2 Å². The summed E-state index contributed by atoms with van der Waals surface area (Å²) in [6.45, 7) is 2.64. The molecule has 0 aliphatic rings. The molecule has 158 valence electrons. The van der Waals surface area contributed by atoms with Crippen molar-refractivity contribution in [3.63, 3.8) is 0 Å². The van der Waals surface area contributed by atoms with E-state index in [1.54, 1.807) is 7.11 Å². The highest BCUT2D eigenvalue weighted by Gasteiger charge is 2.16. The highest BCUT2D eigenvalue weighted by Crippen LogP contribution is 2.22. The van der Waals surface area contributed by atoms with Crippen LogP contribution in [0.1, 0.15) is 40.9 Å². The maximum atomic E-state index is 13.0. The maximum Gasteiger partial charge on any atom is 0.251 e. The molecule has 0 saturated heterocycles. The third kappa shape index (κ3) is 4.72. The van der Waals surface area contributed by atoms with Crippen LogP contribution < -0.4 is 10.1 Å². The Balaban J connectivity index is 1.56. The van der Waals surface area contributed by atoms with Gasteiger partial charge in [0.2, 0.25) is 0 Å². The average Bonchev–Trinajstić information content (AvgIpc) is 3.19. The molecule has 1 heterocycles. The van der Waals surface area contributed by atoms with Crippen molar-refractivity contribution in [2.24, 2.45) is 0 Å². The van der Waals surface area contributed by atoms with E-state index in [1.807, 2.05) is 77.6 Å². The van der Waals surface area contributed by atoms with Gasteiger partial charge in [-0.05, 0) is 53.9 Å². The third-order valence-corrected chi connectivity index (χ3v) is 5.60. The van der Waals surface area contributed by atoms with Gasteiger partial charge in [0.25, 0.3) is 5.91 Å². The number of nitrogens with zero attached hydrogens (tertiary/aromatic N) is 2. The number of fused-ring (bicyclic) bond motifs is 1. The Morgan fingerprint density at radius 1 is 1.13 bits per heavy atom. The number of rotatable bonds is 7. The van der Waals surface area contributed by atoms with Crippen molar-refractivity contribution in [1.82, 2.24) is 15.1 Å². The Kier molecular flexibility index (Phi) is 6.23. The second kappa shape index (κ2) is 9.23. The van der Waals surface area contributed by atoms with Gasteiger partial charge in [-0.3, -0.25) is 9.48 Å². The summed E-state index contributed by atoms with van der Waals surface area (Å²) >= 11 is 6.11. The number of hydrogen-bond donors (Lipinski definition) is 1. The Labute approximate surface area is 186 Å². The molecule has 0 bridgehead atoms. The molecule has 1 N–H and O–H groups in total. The summed E-state index contributed by atoms with van der Waals surface area (Å²) in [6, 6.07) is 21.1. The molecule has 0 fully saturated rings. The fourth-order valence-corrected chi connectivity index (χ4v) is 3.86. The quantitative estimate of drug-likeness (QED) is 0.411. The zero-order chi connectivity index (χ0) is 21.8. The lowest BCUT2D eigenvalue weighted by Gasteiger charge is -2.18. The normalized spacial score (nSPS) is 12.0. The number of nitrogens with one attached hydrogen (secondary N) is 1. The van der Waals surface area contributed by atoms with Crippen LogP contribution in [-0.2, 0) is 6.54 Å². The van der Waals surface area contributed by atoms with Crippen LogP contribution in [0.4, 0.5) is 0 Å². The van der Waals surface area contributed by atoms with E-state index in [-0.39, 0.29) is 11.9 Å². The van der Waals surface area contributed by atoms with E-state index in [1.165, 1.54) is 0 Å². The lowest BCUT2D eigenvalue weighted by Crippen LogP contribution is -2.28. The second-order valence-electron chi connectivity index (χ2n) is 7.41. The standard InChI is InChI=1S/C25H24ClN3O2/c1-3-23(18-9-11-22(31-2)12-10-18)28-25(30)19-7-8-20-15-27-29(24(20)14-19)16-17-5-4-6-21(26)13-17/h4-15,23H,3,16H2,1-2H3,(H,28,30)/t23-/m1/s1. The van der Waals surface area contributed by atoms with E-state index in [9.17, 15) is 4.79 Å². The molecular weight excluding hydrogens is 410 g/mol. The number of carbonyl (C=O) groups excluding carboxylic acids is 1. The molecule has 31 heavy (non-hydrogen) atoms. The molecule has 3 aromatic carbocycles. The van der Waals surface area contributed by atoms with Crippen molar-refractivity contribution >= 4 is 28.4 Å². The maximum absolute atomic E-state index is 13.0. The summed E-state index contributed by atoms with van der Waals surface area (Å²) < 4.78 is 7.11. The largest absolute Gasteiger partial charge is 0.497 e. The Hall–Kier alpha value is -3.31. The summed E-state index contributed by atoms with van der Waals surface area (Å²) in [5.74, 6) is 0.684. The van der Waals surface area contributed by atoms with Gasteiger partial charge in [0, 0.05) is 16.0 Å². The van der Waals surface area contributed by atoms with Gasteiger partial charge in [-0.2, -0.15) is 5.10 Å². The van der Waals surface area contributed by atoms with Gasteiger partial charge in [0.1, 0.15) is 5.75 Å². The van der Waals surface area contributed by atoms with Crippen LogP contribution in [0, 0.1) is 0 Å². The summed E-state index contributed by atoms with van der Waals surface area (Å²) in [7, 11) is 1.64. The summed E-state index contributed by atoms with van der Waals surface area (Å²) in [5, 5.41) is 9.31. The zero-order valence-electron chi connectivity index (χ0n) is 17.5. The van der Waals surface area contributed by atoms with E-state index in [4.69, 9.17) is 16.3 Å². The number of ether oxygens (including phenoxy) is 1. The first kappa shape index (κ1) is 20.9. The molecule has 4 rings (SSSR count). The molecule has 0 spiro atoms. The molecule has 1 amide bonds. The average molecular weight is 434 g/mol. The molecule has 1 aromatic heterocycles. The van der Waals surface area contributed by atoms with Gasteiger partial charge < -0.3 is 10.1 Å². The number of benzene rings is 3. The first-order valence-electron chi connectivity index (χ1n) is 10.2. The molecule has 4 aromatic rings. The van der Waals surface area contributed by atoms with Crippen LogP contribution in [0.3, 0.4) is 0 Å². The number of hydrogen-bond acceptors (Lipinski definition) is 3. The van der Waals surface area contributed by atoms with E-state index in [0.29, 0.717) is 17.1 Å². The van der Waals surface area contributed by atoms with Gasteiger partial charge in [-0.15, -0.1) is 0 Å². The number of methoxy groups -OCH3 is 1. The molecule has 6 heteroatoms. The van der Waals surface area contributed by atoms with Gasteiger partial charge in [-0.1, -0.05) is 48.9 Å². The lowest BCUT2D eigenvalue weighted by molar-refractivity contribution is 0.0935. The van der Waals surface area contributed by atoms with Gasteiger partial charge in [0.15, 0.2) is 0 Å². The monoisotopic (exact) mass is 433 g/mol. The summed E-state index contributed by atoms with van der Waals surface area (Å²) in [6.07, 6.45) is 2.60. The van der Waals surface area contributed by atoms with Crippen LogP contribution in [-0.4, -0.2) is 22.8 Å². The fraction of sp³-hybridized carbons (Fsp3) is 0.200. The highest BCUT2D eigenvalue weighted by atomic mass is 35.5. The smallest absolute Gasteiger partial charge is 0.251 e. The van der Waals surface area contributed by atoms with Crippen molar-refractivity contribution in [2.45, 2.75) is 25.9 Å². The Morgan fingerprint density at radius 2 is 1.94 bits per heavy atom. The van der Waals surface area contributed by atoms with E-state index >= 15 is 0 Å². The molecular formula is C25H24ClN3O2. The number of carbonyl (C=O) groups is 1. The van der Waals surface area contributed by atoms with Gasteiger partial charge in [-0.25, -0.2) is 0 Å². The molecule has 0 aliphatic heterocycles. The second-order valence-corrected chi connectivity index (χ2v) is 7.85. The van der Waals surface area contributed by atoms with Crippen molar-refractivity contribution in [2.75, 3.05) is 7.11 Å². The highest BCUT2D eigenvalue weighted by molar-refractivity contribution is 6.30. The number of halogens is 1. The molecule has 0 radical (unpaired) electrons. The molecule has 0 saturated carbocycles. The number of aromatic nitrogens is 2. The molecule has 1 atom stereocenters. The molecule has 5 nitrogen and oxygen atoms in total. The first-order chi connectivity index (χ1) is 15.1. The minimum atomic E-state index is -0.111. The molecule has 0 unspecified atom stereocenters. The minimum Gasteiger partial charge on any atom is -0.497 e. The van der Waals surface area contributed by atoms with Crippen molar-refractivity contribution < 1.29 is 9.53 Å². The van der Waals surface area contributed by atoms with E-state index in [2.05, 4.69) is 17.3 Å². The van der Waals surface area contributed by atoms with Crippen molar-refractivity contribution in [1.29, 1.82) is 0 Å². The van der Waals surface area contributed by atoms with E-state index < -0.39 is 0 Å². The van der Waals surface area contributed by atoms with Crippen LogP contribution in [0.15, 0.2) is 72.9 Å². The van der Waals surface area contributed by atoms with Gasteiger partial charge >= 0.3 is 0 Å². The van der Waals surface area contributed by atoms with Crippen LogP contribution in [0.2, 0.25) is 5.02 Å².